The normalized spacial score (nSPS) is 10.2. The molecule has 24 heavy (non-hydrogen) atoms. The lowest BCUT2D eigenvalue weighted by atomic mass is 10.1. The Kier molecular flexibility index (Phi) is 5.20. The van der Waals surface area contributed by atoms with E-state index in [1.54, 1.807) is 13.8 Å². The van der Waals surface area contributed by atoms with Crippen molar-refractivity contribution in [2.45, 2.75) is 34.6 Å². The number of carbonyl (C=O) groups excluding carboxylic acids is 1. The first-order valence-electron chi connectivity index (χ1n) is 7.72. The first-order chi connectivity index (χ1) is 11.4. The van der Waals surface area contributed by atoms with Crippen molar-refractivity contribution in [1.29, 1.82) is 5.26 Å². The highest BCUT2D eigenvalue weighted by Gasteiger charge is 2.20. The van der Waals surface area contributed by atoms with Crippen LogP contribution >= 0.6 is 0 Å². The van der Waals surface area contributed by atoms with Gasteiger partial charge in [-0.2, -0.15) is 5.26 Å². The molecule has 124 valence electrons. The van der Waals surface area contributed by atoms with Gasteiger partial charge >= 0.3 is 5.97 Å². The highest BCUT2D eigenvalue weighted by molar-refractivity contribution is 5.92. The summed E-state index contributed by atoms with van der Waals surface area (Å²) in [7, 11) is 0. The minimum absolute atomic E-state index is 0.151. The van der Waals surface area contributed by atoms with Crippen molar-refractivity contribution in [3.05, 3.63) is 51.7 Å². The number of aromatic nitrogens is 1. The minimum Gasteiger partial charge on any atom is -0.462 e. The fraction of sp³-hybridized carbons (Fsp3) is 0.316. The van der Waals surface area contributed by atoms with Crippen LogP contribution in [-0.4, -0.2) is 17.6 Å². The van der Waals surface area contributed by atoms with Gasteiger partial charge in [-0.15, -0.1) is 0 Å². The van der Waals surface area contributed by atoms with Gasteiger partial charge in [0.1, 0.15) is 17.4 Å². The molecule has 0 saturated heterocycles. The summed E-state index contributed by atoms with van der Waals surface area (Å²) in [5, 5.41) is 9.17. The van der Waals surface area contributed by atoms with Gasteiger partial charge in [0.05, 0.1) is 17.9 Å². The van der Waals surface area contributed by atoms with E-state index in [9.17, 15) is 10.1 Å². The van der Waals surface area contributed by atoms with Crippen molar-refractivity contribution in [2.75, 3.05) is 6.61 Å². The van der Waals surface area contributed by atoms with Crippen LogP contribution in [-0.2, 0) is 4.74 Å². The average molecular weight is 324 g/mol. The fourth-order valence-corrected chi connectivity index (χ4v) is 2.55. The third-order valence-electron chi connectivity index (χ3n) is 3.60. The van der Waals surface area contributed by atoms with Crippen LogP contribution in [0.5, 0.6) is 11.6 Å². The first kappa shape index (κ1) is 17.5. The molecular formula is C19H20N2O3. The highest BCUT2D eigenvalue weighted by Crippen LogP contribution is 2.31. The van der Waals surface area contributed by atoms with Crippen LogP contribution in [0.2, 0.25) is 0 Å². The van der Waals surface area contributed by atoms with Crippen molar-refractivity contribution in [3.63, 3.8) is 0 Å². The van der Waals surface area contributed by atoms with E-state index in [0.29, 0.717) is 17.0 Å². The molecule has 0 bridgehead atoms. The molecule has 0 fully saturated rings. The number of carbonyl (C=O) groups is 1. The van der Waals surface area contributed by atoms with Gasteiger partial charge in [0, 0.05) is 0 Å². The minimum atomic E-state index is -0.557. The van der Waals surface area contributed by atoms with Gasteiger partial charge in [-0.1, -0.05) is 17.7 Å². The number of benzene rings is 1. The predicted molar refractivity (Wildman–Crippen MR) is 90.4 cm³/mol. The molecule has 0 unspecified atom stereocenters. The molecule has 2 rings (SSSR count). The van der Waals surface area contributed by atoms with Crippen LogP contribution in [0, 0.1) is 39.0 Å². The Balaban J connectivity index is 2.56. The van der Waals surface area contributed by atoms with Crippen molar-refractivity contribution in [1.82, 2.24) is 4.98 Å². The number of nitriles is 1. The van der Waals surface area contributed by atoms with Crippen LogP contribution < -0.4 is 4.74 Å². The van der Waals surface area contributed by atoms with Gasteiger partial charge in [0.15, 0.2) is 0 Å². The molecule has 1 aromatic carbocycles. The number of aryl methyl sites for hydroxylation is 4. The van der Waals surface area contributed by atoms with Gasteiger partial charge < -0.3 is 9.47 Å². The summed E-state index contributed by atoms with van der Waals surface area (Å²) in [6, 6.07) is 7.50. The molecule has 0 aliphatic heterocycles. The third kappa shape index (κ3) is 3.54. The molecule has 0 saturated carbocycles. The number of hydrogen-bond donors (Lipinski definition) is 0. The lowest BCUT2D eigenvalue weighted by Crippen LogP contribution is -2.10. The number of esters is 1. The van der Waals surface area contributed by atoms with E-state index in [1.165, 1.54) is 6.07 Å². The topological polar surface area (TPSA) is 72.2 Å². The summed E-state index contributed by atoms with van der Waals surface area (Å²) in [6.07, 6.45) is 0. The predicted octanol–water partition coefficient (Wildman–Crippen LogP) is 4.16. The Morgan fingerprint density at radius 2 is 1.79 bits per heavy atom. The molecular weight excluding hydrogens is 304 g/mol. The molecule has 2 aromatic rings. The molecule has 1 aromatic heterocycles. The monoisotopic (exact) mass is 324 g/mol. The molecule has 0 aliphatic rings. The number of hydrogen-bond acceptors (Lipinski definition) is 5. The Hall–Kier alpha value is -2.87. The van der Waals surface area contributed by atoms with E-state index in [1.807, 2.05) is 39.0 Å². The maximum absolute atomic E-state index is 12.2. The summed E-state index contributed by atoms with van der Waals surface area (Å²) < 4.78 is 11.0. The molecule has 0 aliphatic carbocycles. The molecule has 0 spiro atoms. The zero-order valence-electron chi connectivity index (χ0n) is 14.6. The SMILES string of the molecule is CCOC(=O)c1cc(C#N)c(C)nc1Oc1c(C)cc(C)cc1C. The lowest BCUT2D eigenvalue weighted by Gasteiger charge is -2.15. The Morgan fingerprint density at radius 3 is 2.33 bits per heavy atom. The quantitative estimate of drug-likeness (QED) is 0.790. The van der Waals surface area contributed by atoms with Crippen LogP contribution in [0.25, 0.3) is 0 Å². The van der Waals surface area contributed by atoms with Gasteiger partial charge in [0.2, 0.25) is 5.88 Å². The third-order valence-corrected chi connectivity index (χ3v) is 3.60. The first-order valence-corrected chi connectivity index (χ1v) is 7.72. The number of rotatable bonds is 4. The van der Waals surface area contributed by atoms with Crippen LogP contribution in [0.1, 0.15) is 45.2 Å². The van der Waals surface area contributed by atoms with Crippen molar-refractivity contribution >= 4 is 5.97 Å². The van der Waals surface area contributed by atoms with Crippen molar-refractivity contribution in [2.24, 2.45) is 0 Å². The Bertz CT molecular complexity index is 812. The summed E-state index contributed by atoms with van der Waals surface area (Å²) in [5.74, 6) is 0.252. The molecule has 5 heteroatoms. The highest BCUT2D eigenvalue weighted by atomic mass is 16.5. The second kappa shape index (κ2) is 7.14. The molecule has 0 N–H and O–H groups in total. The summed E-state index contributed by atoms with van der Waals surface area (Å²) in [6.45, 7) is 9.55. The zero-order chi connectivity index (χ0) is 17.9. The van der Waals surface area contributed by atoms with E-state index in [4.69, 9.17) is 9.47 Å². The van der Waals surface area contributed by atoms with Crippen LogP contribution in [0.15, 0.2) is 18.2 Å². The summed E-state index contributed by atoms with van der Waals surface area (Å²) in [5.41, 5.74) is 4.01. The van der Waals surface area contributed by atoms with Crippen LogP contribution in [0.4, 0.5) is 0 Å². The fourth-order valence-electron chi connectivity index (χ4n) is 2.55. The van der Waals surface area contributed by atoms with Crippen molar-refractivity contribution in [3.8, 4) is 17.7 Å². The smallest absolute Gasteiger partial charge is 0.343 e. The summed E-state index contributed by atoms with van der Waals surface area (Å²) >= 11 is 0. The van der Waals surface area contributed by atoms with Crippen LogP contribution in [0.3, 0.4) is 0 Å². The van der Waals surface area contributed by atoms with Gasteiger partial charge in [-0.05, 0) is 51.8 Å². The van der Waals surface area contributed by atoms with Gasteiger partial charge in [-0.3, -0.25) is 0 Å². The van der Waals surface area contributed by atoms with E-state index < -0.39 is 5.97 Å². The lowest BCUT2D eigenvalue weighted by molar-refractivity contribution is 0.0522. The molecule has 1 heterocycles. The second-order valence-electron chi connectivity index (χ2n) is 5.64. The largest absolute Gasteiger partial charge is 0.462 e. The van der Waals surface area contributed by atoms with Gasteiger partial charge in [0.25, 0.3) is 0 Å². The molecule has 0 radical (unpaired) electrons. The Labute approximate surface area is 141 Å². The molecule has 0 atom stereocenters. The maximum atomic E-state index is 12.2. The van der Waals surface area contributed by atoms with E-state index in [-0.39, 0.29) is 18.1 Å². The van der Waals surface area contributed by atoms with E-state index in [0.717, 1.165) is 16.7 Å². The van der Waals surface area contributed by atoms with E-state index in [2.05, 4.69) is 4.98 Å². The molecule has 5 nitrogen and oxygen atoms in total. The van der Waals surface area contributed by atoms with E-state index >= 15 is 0 Å². The van der Waals surface area contributed by atoms with Crippen molar-refractivity contribution < 1.29 is 14.3 Å². The average Bonchev–Trinajstić information content (AvgIpc) is 2.51. The number of ether oxygens (including phenoxy) is 2. The molecule has 0 amide bonds. The number of nitrogens with zero attached hydrogens (tertiary/aromatic N) is 2. The standard InChI is InChI=1S/C19H20N2O3/c1-6-23-19(22)16-9-15(10-20)14(5)21-18(16)24-17-12(3)7-11(2)8-13(17)4/h7-9H,6H2,1-5H3. The zero-order valence-corrected chi connectivity index (χ0v) is 14.6. The maximum Gasteiger partial charge on any atom is 0.343 e. The second-order valence-corrected chi connectivity index (χ2v) is 5.64. The Morgan fingerprint density at radius 1 is 1.17 bits per heavy atom. The van der Waals surface area contributed by atoms with Gasteiger partial charge in [-0.25, -0.2) is 9.78 Å². The number of pyridine rings is 1. The summed E-state index contributed by atoms with van der Waals surface area (Å²) in [4.78, 5) is 16.5.